The Balaban J connectivity index is 2.34. The van der Waals surface area contributed by atoms with Gasteiger partial charge in [0.2, 0.25) is 0 Å². The third kappa shape index (κ3) is 5.48. The Morgan fingerprint density at radius 1 is 0.906 bits per heavy atom. The molecule has 0 N–H and O–H groups in total. The maximum atomic E-state index is 6.75. The van der Waals surface area contributed by atoms with Crippen molar-refractivity contribution in [2.24, 2.45) is 5.92 Å². The summed E-state index contributed by atoms with van der Waals surface area (Å²) in [7, 11) is 13.5. The second-order valence-electron chi connectivity index (χ2n) is 11.8. The molecule has 0 nitrogen and oxygen atoms in total. The summed E-state index contributed by atoms with van der Waals surface area (Å²) in [5, 5.41) is 0. The summed E-state index contributed by atoms with van der Waals surface area (Å²) in [6.07, 6.45) is 4.53. The summed E-state index contributed by atoms with van der Waals surface area (Å²) < 4.78 is 0.274. The van der Waals surface area contributed by atoms with Crippen LogP contribution >= 0.6 is 17.0 Å². The van der Waals surface area contributed by atoms with Crippen LogP contribution in [0.5, 0.6) is 0 Å². The maximum absolute atomic E-state index is 6.75. The molecule has 0 aromatic heterocycles. The van der Waals surface area contributed by atoms with Crippen LogP contribution in [0.3, 0.4) is 0 Å². The molecule has 0 bridgehead atoms. The fourth-order valence-corrected chi connectivity index (χ4v) is 10.2. The van der Waals surface area contributed by atoms with Crippen LogP contribution in [0.15, 0.2) is 35.9 Å². The van der Waals surface area contributed by atoms with Crippen LogP contribution in [0.25, 0.3) is 17.2 Å². The van der Waals surface area contributed by atoms with Crippen molar-refractivity contribution in [2.45, 2.75) is 89.6 Å². The quantitative estimate of drug-likeness (QED) is 0.348. The molecule has 1 aliphatic rings. The number of halogens is 2. The average molecular weight is 550 g/mol. The number of hydrogen-bond acceptors (Lipinski definition) is 0. The molecule has 3 heteroatoms. The van der Waals surface area contributed by atoms with Gasteiger partial charge < -0.3 is 0 Å². The number of benzene rings is 2. The molecule has 0 heterocycles. The van der Waals surface area contributed by atoms with Crippen molar-refractivity contribution in [1.29, 1.82) is 0 Å². The van der Waals surface area contributed by atoms with Crippen LogP contribution < -0.4 is 0 Å². The van der Waals surface area contributed by atoms with Crippen molar-refractivity contribution in [3.8, 4) is 11.1 Å². The molecule has 0 aliphatic heterocycles. The second-order valence-corrected chi connectivity index (χ2v) is 20.6. The molecule has 1 aliphatic carbocycles. The Morgan fingerprint density at radius 2 is 1.47 bits per heavy atom. The van der Waals surface area contributed by atoms with Gasteiger partial charge in [0.05, 0.1) is 0 Å². The second kappa shape index (κ2) is 9.72. The molecule has 32 heavy (non-hydrogen) atoms. The predicted octanol–water partition coefficient (Wildman–Crippen LogP) is 9.92. The molecule has 2 aromatic rings. The zero-order chi connectivity index (χ0) is 24.0. The van der Waals surface area contributed by atoms with Gasteiger partial charge in [0.1, 0.15) is 0 Å². The van der Waals surface area contributed by atoms with E-state index < -0.39 is 19.4 Å². The van der Waals surface area contributed by atoms with E-state index in [0.29, 0.717) is 5.92 Å². The van der Waals surface area contributed by atoms with Crippen LogP contribution in [0.1, 0.15) is 100 Å². The number of fused-ring (bicyclic) bond motifs is 1. The van der Waals surface area contributed by atoms with Crippen LogP contribution in [0.4, 0.5) is 0 Å². The van der Waals surface area contributed by atoms with Crippen LogP contribution in [0, 0.1) is 5.92 Å². The van der Waals surface area contributed by atoms with Gasteiger partial charge in [-0.05, 0) is 0 Å². The van der Waals surface area contributed by atoms with E-state index in [1.807, 2.05) is 0 Å². The van der Waals surface area contributed by atoms with Gasteiger partial charge in [-0.3, -0.25) is 0 Å². The minimum absolute atomic E-state index is 0.0919. The first-order valence-electron chi connectivity index (χ1n) is 11.9. The first-order valence-corrected chi connectivity index (χ1v) is 19.7. The molecule has 0 saturated carbocycles. The van der Waals surface area contributed by atoms with Crippen molar-refractivity contribution in [3.63, 3.8) is 0 Å². The van der Waals surface area contributed by atoms with E-state index in [9.17, 15) is 0 Å². The summed E-state index contributed by atoms with van der Waals surface area (Å²) in [6.45, 7) is 20.7. The van der Waals surface area contributed by atoms with Gasteiger partial charge in [0, 0.05) is 0 Å². The van der Waals surface area contributed by atoms with Crippen LogP contribution in [0.2, 0.25) is 0 Å². The SMILES string of the molecule is CCc1ccc2c(c1-c1cc(C(C)(C)C)cc(C(C)(C)C)c1)C=C(CC(C)C)[CH]2[Zr]([Cl])[Cl]. The van der Waals surface area contributed by atoms with Gasteiger partial charge in [0.25, 0.3) is 0 Å². The standard InChI is InChI=1S/C29H39.2ClH.Zr/c1-10-21-11-12-22-14-20(13-19(2)3)15-26(22)27(21)23-16-24(28(4,5)6)18-25(17-23)29(7,8)9;;;/h11-12,14-19H,10,13H2,1-9H3;2*1H;/q;;;+2/p-2. The van der Waals surface area contributed by atoms with E-state index in [1.54, 1.807) is 0 Å². The van der Waals surface area contributed by atoms with E-state index in [-0.39, 0.29) is 14.5 Å². The van der Waals surface area contributed by atoms with E-state index in [4.69, 9.17) is 17.0 Å². The molecule has 0 fully saturated rings. The fourth-order valence-electron chi connectivity index (χ4n) is 4.74. The molecule has 1 atom stereocenters. The summed E-state index contributed by atoms with van der Waals surface area (Å²) >= 11 is -2.53. The van der Waals surface area contributed by atoms with Crippen molar-refractivity contribution in [1.82, 2.24) is 0 Å². The molecule has 0 amide bonds. The molecular formula is C29H39Cl2Zr. The number of hydrogen-bond donors (Lipinski definition) is 0. The number of rotatable bonds is 5. The zero-order valence-corrected chi connectivity index (χ0v) is 25.3. The molecule has 0 radical (unpaired) electrons. The monoisotopic (exact) mass is 547 g/mol. The third-order valence-electron chi connectivity index (χ3n) is 6.57. The van der Waals surface area contributed by atoms with Gasteiger partial charge in [-0.1, -0.05) is 0 Å². The Morgan fingerprint density at radius 3 is 1.91 bits per heavy atom. The minimum atomic E-state index is -2.53. The van der Waals surface area contributed by atoms with Crippen LogP contribution in [-0.4, -0.2) is 0 Å². The van der Waals surface area contributed by atoms with Crippen molar-refractivity contribution in [2.75, 3.05) is 0 Å². The Labute approximate surface area is 211 Å². The summed E-state index contributed by atoms with van der Waals surface area (Å²) in [5.74, 6) is 0.597. The first kappa shape index (κ1) is 26.3. The normalized spacial score (nSPS) is 16.4. The van der Waals surface area contributed by atoms with E-state index in [2.05, 4.69) is 98.7 Å². The third-order valence-corrected chi connectivity index (χ3v) is 11.9. The van der Waals surface area contributed by atoms with Gasteiger partial charge in [-0.15, -0.1) is 0 Å². The van der Waals surface area contributed by atoms with Gasteiger partial charge in [-0.25, -0.2) is 0 Å². The number of aryl methyl sites for hydroxylation is 1. The topological polar surface area (TPSA) is 0 Å². The molecule has 3 rings (SSSR count). The molecule has 0 saturated heterocycles. The fraction of sp³-hybridized carbons (Fsp3) is 0.517. The van der Waals surface area contributed by atoms with Crippen molar-refractivity contribution < 1.29 is 19.4 Å². The Bertz CT molecular complexity index is 984. The van der Waals surface area contributed by atoms with Crippen molar-refractivity contribution >= 4 is 23.1 Å². The zero-order valence-electron chi connectivity index (χ0n) is 21.3. The summed E-state index contributed by atoms with van der Waals surface area (Å²) in [5.41, 5.74) is 11.3. The Kier molecular flexibility index (Phi) is 7.97. The number of allylic oxidation sites excluding steroid dienone is 1. The van der Waals surface area contributed by atoms with Gasteiger partial charge in [0.15, 0.2) is 0 Å². The van der Waals surface area contributed by atoms with E-state index in [1.165, 1.54) is 44.5 Å². The predicted molar refractivity (Wildman–Crippen MR) is 141 cm³/mol. The van der Waals surface area contributed by atoms with E-state index in [0.717, 1.165) is 12.8 Å². The first-order chi connectivity index (χ1) is 14.7. The van der Waals surface area contributed by atoms with E-state index >= 15 is 0 Å². The van der Waals surface area contributed by atoms with Gasteiger partial charge >= 0.3 is 213 Å². The molecule has 0 spiro atoms. The molecule has 173 valence electrons. The van der Waals surface area contributed by atoms with Crippen LogP contribution in [-0.2, 0) is 36.6 Å². The van der Waals surface area contributed by atoms with Crippen molar-refractivity contribution in [3.05, 3.63) is 63.7 Å². The molecular weight excluding hydrogens is 510 g/mol. The average Bonchev–Trinajstić information content (AvgIpc) is 3.02. The molecule has 1 unspecified atom stereocenters. The molecule has 2 aromatic carbocycles. The summed E-state index contributed by atoms with van der Waals surface area (Å²) in [4.78, 5) is 0. The summed E-state index contributed by atoms with van der Waals surface area (Å²) in [6, 6.07) is 11.9. The van der Waals surface area contributed by atoms with Gasteiger partial charge in [-0.2, -0.15) is 0 Å². The Hall–Kier alpha value is -0.357.